The molecule has 7 N–H and O–H groups in total. The molecular formula is C27H34N8O8. The van der Waals surface area contributed by atoms with Crippen molar-refractivity contribution < 1.29 is 39.2 Å². The van der Waals surface area contributed by atoms with E-state index in [9.17, 15) is 29.7 Å². The van der Waals surface area contributed by atoms with Gasteiger partial charge in [-0.25, -0.2) is 9.78 Å². The molecule has 0 aliphatic heterocycles. The molecule has 2 heterocycles. The van der Waals surface area contributed by atoms with Crippen molar-refractivity contribution in [1.82, 2.24) is 30.6 Å². The molecule has 230 valence electrons. The normalized spacial score (nSPS) is 13.2. The van der Waals surface area contributed by atoms with Crippen LogP contribution in [0.1, 0.15) is 44.0 Å². The number of pyridine rings is 1. The van der Waals surface area contributed by atoms with Gasteiger partial charge in [-0.3, -0.25) is 14.9 Å². The maximum absolute atomic E-state index is 12.7. The van der Waals surface area contributed by atoms with Crippen molar-refractivity contribution in [2.45, 2.75) is 51.9 Å². The van der Waals surface area contributed by atoms with E-state index in [0.29, 0.717) is 22.7 Å². The van der Waals surface area contributed by atoms with Crippen LogP contribution in [0.5, 0.6) is 5.75 Å². The average Bonchev–Trinajstić information content (AvgIpc) is 3.65. The lowest BCUT2D eigenvalue weighted by Crippen LogP contribution is -2.48. The van der Waals surface area contributed by atoms with Gasteiger partial charge in [-0.05, 0) is 45.7 Å². The number of benzene rings is 1. The number of rotatable bonds is 11. The maximum atomic E-state index is 12.7. The van der Waals surface area contributed by atoms with Crippen LogP contribution in [0.25, 0.3) is 11.3 Å². The molecule has 4 rings (SSSR count). The van der Waals surface area contributed by atoms with Gasteiger partial charge in [-0.2, -0.15) is 15.0 Å². The third kappa shape index (κ3) is 8.84. The fourth-order valence-corrected chi connectivity index (χ4v) is 3.90. The van der Waals surface area contributed by atoms with Crippen molar-refractivity contribution in [2.24, 2.45) is 5.92 Å². The molecule has 0 atom stereocenters. The minimum atomic E-state index is -3.47. The number of nitrogens with one attached hydrogen (secondary N) is 4. The first-order valence-electron chi connectivity index (χ1n) is 13.3. The summed E-state index contributed by atoms with van der Waals surface area (Å²) in [6.45, 7) is 5.80. The summed E-state index contributed by atoms with van der Waals surface area (Å²) < 4.78 is 10.9. The number of carbonyl (C=O) groups excluding carboxylic acids is 3. The molecule has 0 unspecified atom stereocenters. The molecule has 1 fully saturated rings. The summed E-state index contributed by atoms with van der Waals surface area (Å²) in [5, 5.41) is 46.5. The number of hydrogen-bond acceptors (Lipinski definition) is 12. The Balaban J connectivity index is 1.57. The van der Waals surface area contributed by atoms with Crippen LogP contribution < -0.4 is 26.0 Å². The van der Waals surface area contributed by atoms with Gasteiger partial charge in [0.25, 0.3) is 5.91 Å². The van der Waals surface area contributed by atoms with Gasteiger partial charge in [0.05, 0.1) is 36.8 Å². The largest absolute Gasteiger partial charge is 0.494 e. The molecule has 0 spiro atoms. The van der Waals surface area contributed by atoms with Gasteiger partial charge >= 0.3 is 12.2 Å². The number of carbonyl (C=O) groups is 3. The number of ether oxygens (including phenoxy) is 2. The summed E-state index contributed by atoms with van der Waals surface area (Å²) in [7, 11) is 1.44. The van der Waals surface area contributed by atoms with Crippen LogP contribution in [0.2, 0.25) is 0 Å². The van der Waals surface area contributed by atoms with Crippen LogP contribution in [-0.4, -0.2) is 78.6 Å². The third-order valence-corrected chi connectivity index (χ3v) is 5.91. The molecule has 2 aromatic heterocycles. The monoisotopic (exact) mass is 598 g/mol. The fraction of sp³-hybridized carbons (Fsp3) is 0.407. The number of aromatic nitrogens is 4. The molecule has 3 amide bonds. The van der Waals surface area contributed by atoms with Crippen molar-refractivity contribution in [3.8, 4) is 17.0 Å². The van der Waals surface area contributed by atoms with Crippen LogP contribution in [0.15, 0.2) is 36.7 Å². The van der Waals surface area contributed by atoms with Crippen LogP contribution in [-0.2, 0) is 16.1 Å². The number of para-hydroxylation sites is 1. The summed E-state index contributed by atoms with van der Waals surface area (Å²) in [6, 6.07) is 6.51. The first-order chi connectivity index (χ1) is 20.2. The number of methoxy groups -OCH3 is 1. The van der Waals surface area contributed by atoms with E-state index >= 15 is 0 Å². The van der Waals surface area contributed by atoms with E-state index in [4.69, 9.17) is 9.47 Å². The summed E-state index contributed by atoms with van der Waals surface area (Å²) in [4.78, 5) is 42.4. The van der Waals surface area contributed by atoms with Crippen LogP contribution in [0.4, 0.5) is 22.0 Å². The highest BCUT2D eigenvalue weighted by molar-refractivity contribution is 6.02. The van der Waals surface area contributed by atoms with Gasteiger partial charge in [-0.1, -0.05) is 6.07 Å². The maximum Gasteiger partial charge on any atom is 0.407 e. The van der Waals surface area contributed by atoms with E-state index in [0.717, 1.165) is 19.0 Å². The zero-order valence-corrected chi connectivity index (χ0v) is 24.0. The second-order valence-corrected chi connectivity index (χ2v) is 10.7. The van der Waals surface area contributed by atoms with Crippen LogP contribution in [0, 0.1) is 5.92 Å². The molecule has 1 aromatic carbocycles. The number of hydrogen-bond donors (Lipinski definition) is 7. The van der Waals surface area contributed by atoms with Gasteiger partial charge in [0, 0.05) is 30.3 Å². The molecule has 1 aliphatic rings. The minimum Gasteiger partial charge on any atom is -0.494 e. The van der Waals surface area contributed by atoms with Gasteiger partial charge in [0.15, 0.2) is 5.75 Å². The summed E-state index contributed by atoms with van der Waals surface area (Å²) >= 11 is 0. The second-order valence-electron chi connectivity index (χ2n) is 10.7. The molecule has 1 aliphatic carbocycles. The number of anilines is 3. The fourth-order valence-electron chi connectivity index (χ4n) is 3.90. The first kappa shape index (κ1) is 31.1. The molecule has 1 saturated carbocycles. The summed E-state index contributed by atoms with van der Waals surface area (Å²) in [6.07, 6.45) is 0.158. The molecule has 3 aromatic rings. The Morgan fingerprint density at radius 2 is 1.84 bits per heavy atom. The van der Waals surface area contributed by atoms with Crippen LogP contribution >= 0.6 is 0 Å². The van der Waals surface area contributed by atoms with E-state index in [1.54, 1.807) is 44.3 Å². The Kier molecular flexibility index (Phi) is 9.13. The number of nitrogens with zero attached hydrogens (tertiary/aromatic N) is 4. The molecule has 16 heteroatoms. The molecule has 16 nitrogen and oxygen atoms in total. The van der Waals surface area contributed by atoms with E-state index in [1.165, 1.54) is 24.2 Å². The molecule has 0 saturated heterocycles. The number of alkyl carbamates (subject to hydrolysis) is 1. The highest BCUT2D eigenvalue weighted by Gasteiger charge is 2.30. The third-order valence-electron chi connectivity index (χ3n) is 5.91. The first-order valence-corrected chi connectivity index (χ1v) is 13.3. The smallest absolute Gasteiger partial charge is 0.407 e. The second kappa shape index (κ2) is 12.6. The van der Waals surface area contributed by atoms with E-state index in [2.05, 4.69) is 31.1 Å². The predicted octanol–water partition coefficient (Wildman–Crippen LogP) is 1.28. The van der Waals surface area contributed by atoms with Crippen molar-refractivity contribution in [2.75, 3.05) is 24.3 Å². The summed E-state index contributed by atoms with van der Waals surface area (Å²) in [5.74, 6) is -0.898. The summed E-state index contributed by atoms with van der Waals surface area (Å²) in [5.41, 5.74) is 0.682. The Labute approximate surface area is 246 Å². The lowest BCUT2D eigenvalue weighted by atomic mass is 10.1. The lowest BCUT2D eigenvalue weighted by Gasteiger charge is -2.19. The van der Waals surface area contributed by atoms with Crippen molar-refractivity contribution in [3.05, 3.63) is 42.2 Å². The number of aliphatic hydroxyl groups is 3. The SMILES string of the molecule is COc1c(Nc2cc(NC(=O)C3CC3)ncc2C(=O)NC(O)(O)O)cccc1-c1cnn(CCNC(=O)OC(C)(C)C)n1. The molecule has 0 radical (unpaired) electrons. The van der Waals surface area contributed by atoms with E-state index in [1.807, 2.05) is 0 Å². The highest BCUT2D eigenvalue weighted by Crippen LogP contribution is 2.38. The van der Waals surface area contributed by atoms with E-state index < -0.39 is 23.7 Å². The predicted molar refractivity (Wildman–Crippen MR) is 152 cm³/mol. The van der Waals surface area contributed by atoms with E-state index in [-0.39, 0.29) is 42.0 Å². The standard InChI is InChI=1S/C27H34N8O8/c1-26(2,3)43-25(38)28-10-11-35-30-14-20(34-35)16-6-5-7-18(22(16)42-4)31-19-12-21(32-23(36)15-8-9-15)29-13-17(19)24(37)33-27(39,40)41/h5-7,12-15,39-41H,8-11H2,1-4H3,(H,28,38)(H,33,37)(H2,29,31,32,36). The van der Waals surface area contributed by atoms with Gasteiger partial charge < -0.3 is 40.7 Å². The zero-order chi connectivity index (χ0) is 31.4. The lowest BCUT2D eigenvalue weighted by molar-refractivity contribution is -0.323. The highest BCUT2D eigenvalue weighted by atomic mass is 16.7. The van der Waals surface area contributed by atoms with Crippen LogP contribution in [0.3, 0.4) is 0 Å². The Morgan fingerprint density at radius 3 is 2.49 bits per heavy atom. The quantitative estimate of drug-likeness (QED) is 0.155. The zero-order valence-electron chi connectivity index (χ0n) is 24.0. The van der Waals surface area contributed by atoms with Crippen molar-refractivity contribution >= 4 is 35.1 Å². The van der Waals surface area contributed by atoms with Crippen molar-refractivity contribution in [1.29, 1.82) is 0 Å². The van der Waals surface area contributed by atoms with Crippen molar-refractivity contribution in [3.63, 3.8) is 0 Å². The van der Waals surface area contributed by atoms with Gasteiger partial charge in [0.1, 0.15) is 17.1 Å². The van der Waals surface area contributed by atoms with Gasteiger partial charge in [-0.15, -0.1) is 0 Å². The molecular weight excluding hydrogens is 564 g/mol. The Hall–Kier alpha value is -4.80. The average molecular weight is 599 g/mol. The minimum absolute atomic E-state index is 0.0988. The Morgan fingerprint density at radius 1 is 1.09 bits per heavy atom. The molecule has 0 bridgehead atoms. The topological polar surface area (TPSA) is 222 Å². The van der Waals surface area contributed by atoms with Gasteiger partial charge in [0.2, 0.25) is 5.91 Å². The Bertz CT molecular complexity index is 1490. The molecule has 43 heavy (non-hydrogen) atoms. The number of amides is 3.